The fourth-order valence-corrected chi connectivity index (χ4v) is 4.43. The molecule has 0 aliphatic carbocycles. The van der Waals surface area contributed by atoms with Gasteiger partial charge in [-0.05, 0) is 37.0 Å². The first kappa shape index (κ1) is 18.6. The number of nitrogens with zero attached hydrogens (tertiary/aromatic N) is 3. The van der Waals surface area contributed by atoms with Crippen molar-refractivity contribution in [2.45, 2.75) is 37.2 Å². The fourth-order valence-electron chi connectivity index (χ4n) is 2.92. The minimum Gasteiger partial charge on any atom is -0.480 e. The second kappa shape index (κ2) is 8.01. The van der Waals surface area contributed by atoms with Gasteiger partial charge >= 0.3 is 0 Å². The van der Waals surface area contributed by atoms with Crippen LogP contribution in [0.3, 0.4) is 0 Å². The molecule has 0 N–H and O–H groups in total. The van der Waals surface area contributed by atoms with E-state index in [9.17, 15) is 8.42 Å². The van der Waals surface area contributed by atoms with Crippen LogP contribution in [0.2, 0.25) is 0 Å². The van der Waals surface area contributed by atoms with E-state index in [1.165, 1.54) is 23.8 Å². The van der Waals surface area contributed by atoms with Gasteiger partial charge in [-0.1, -0.05) is 19.1 Å². The maximum Gasteiger partial charge on any atom is 0.243 e. The minimum atomic E-state index is -3.53. The van der Waals surface area contributed by atoms with Crippen LogP contribution in [-0.4, -0.2) is 49.0 Å². The fraction of sp³-hybridized carbons (Fsp3) is 0.444. The zero-order valence-corrected chi connectivity index (χ0v) is 15.8. The van der Waals surface area contributed by atoms with Crippen molar-refractivity contribution in [3.63, 3.8) is 0 Å². The van der Waals surface area contributed by atoms with Gasteiger partial charge in [0.05, 0.1) is 30.9 Å². The van der Waals surface area contributed by atoms with Gasteiger partial charge in [0.2, 0.25) is 21.8 Å². The number of hydrogen-bond acceptors (Lipinski definition) is 6. The summed E-state index contributed by atoms with van der Waals surface area (Å²) in [7, 11) is -2.03. The van der Waals surface area contributed by atoms with Crippen molar-refractivity contribution in [3.05, 3.63) is 42.2 Å². The molecule has 1 aliphatic heterocycles. The Morgan fingerprint density at radius 2 is 1.92 bits per heavy atom. The van der Waals surface area contributed by atoms with Gasteiger partial charge < -0.3 is 9.47 Å². The van der Waals surface area contributed by atoms with E-state index in [2.05, 4.69) is 9.97 Å². The van der Waals surface area contributed by atoms with Crippen LogP contribution < -0.4 is 9.47 Å². The zero-order chi connectivity index (χ0) is 18.6. The van der Waals surface area contributed by atoms with Crippen LogP contribution >= 0.6 is 0 Å². The summed E-state index contributed by atoms with van der Waals surface area (Å²) < 4.78 is 38.2. The Bertz CT molecular complexity index is 840. The second-order valence-electron chi connectivity index (χ2n) is 6.14. The molecule has 1 fully saturated rings. The lowest BCUT2D eigenvalue weighted by Crippen LogP contribution is -2.44. The van der Waals surface area contributed by atoms with Crippen molar-refractivity contribution in [3.8, 4) is 11.8 Å². The van der Waals surface area contributed by atoms with Crippen molar-refractivity contribution in [2.75, 3.05) is 20.2 Å². The highest BCUT2D eigenvalue weighted by Gasteiger charge is 2.31. The summed E-state index contributed by atoms with van der Waals surface area (Å²) in [6, 6.07) is 7.06. The first-order valence-corrected chi connectivity index (χ1v) is 10.1. The van der Waals surface area contributed by atoms with Gasteiger partial charge in [0, 0.05) is 6.54 Å². The molecule has 3 rings (SSSR count). The van der Waals surface area contributed by atoms with Gasteiger partial charge in [-0.3, -0.25) is 4.98 Å². The average Bonchev–Trinajstić information content (AvgIpc) is 2.68. The average molecular weight is 377 g/mol. The van der Waals surface area contributed by atoms with E-state index in [1.54, 1.807) is 12.1 Å². The van der Waals surface area contributed by atoms with Gasteiger partial charge in [-0.15, -0.1) is 0 Å². The predicted octanol–water partition coefficient (Wildman–Crippen LogP) is 2.28. The number of piperidine rings is 1. The zero-order valence-electron chi connectivity index (χ0n) is 15.0. The quantitative estimate of drug-likeness (QED) is 0.768. The molecular formula is C18H23N3O4S. The van der Waals surface area contributed by atoms with Crippen LogP contribution in [-0.2, 0) is 16.4 Å². The van der Waals surface area contributed by atoms with Crippen molar-refractivity contribution in [2.24, 2.45) is 0 Å². The van der Waals surface area contributed by atoms with Crippen molar-refractivity contribution >= 4 is 10.0 Å². The molecule has 0 radical (unpaired) electrons. The lowest BCUT2D eigenvalue weighted by Gasteiger charge is -2.31. The minimum absolute atomic E-state index is 0.269. The molecule has 2 heterocycles. The summed E-state index contributed by atoms with van der Waals surface area (Å²) in [6.07, 6.45) is 5.09. The third-order valence-electron chi connectivity index (χ3n) is 4.40. The van der Waals surface area contributed by atoms with Crippen LogP contribution in [0.5, 0.6) is 11.8 Å². The molecule has 1 aromatic carbocycles. The number of benzene rings is 1. The Hall–Kier alpha value is -2.19. The number of sulfonamides is 1. The molecule has 0 bridgehead atoms. The number of aryl methyl sites for hydroxylation is 1. The Morgan fingerprint density at radius 1 is 1.19 bits per heavy atom. The molecule has 7 nitrogen and oxygen atoms in total. The summed E-state index contributed by atoms with van der Waals surface area (Å²) >= 11 is 0. The van der Waals surface area contributed by atoms with Crippen LogP contribution in [0.25, 0.3) is 0 Å². The van der Waals surface area contributed by atoms with Crippen LogP contribution in [0.15, 0.2) is 41.6 Å². The third kappa shape index (κ3) is 4.13. The monoisotopic (exact) mass is 377 g/mol. The molecule has 140 valence electrons. The van der Waals surface area contributed by atoms with E-state index < -0.39 is 10.0 Å². The third-order valence-corrected chi connectivity index (χ3v) is 6.28. The topological polar surface area (TPSA) is 81.6 Å². The smallest absolute Gasteiger partial charge is 0.243 e. The first-order chi connectivity index (χ1) is 12.5. The highest BCUT2D eigenvalue weighted by Crippen LogP contribution is 2.24. The Labute approximate surface area is 154 Å². The summed E-state index contributed by atoms with van der Waals surface area (Å²) in [6.45, 7) is 2.82. The van der Waals surface area contributed by atoms with Crippen molar-refractivity contribution < 1.29 is 17.9 Å². The standard InChI is InChI=1S/C18H23N3O4S/c1-3-14-6-8-16(9-7-14)26(22,23)21-10-4-5-15(13-21)25-18-12-19-11-17(20-18)24-2/h6-9,11-12,15H,3-5,10,13H2,1-2H3. The maximum absolute atomic E-state index is 12.9. The summed E-state index contributed by atoms with van der Waals surface area (Å²) in [5.74, 6) is 0.694. The normalized spacial score (nSPS) is 18.5. The molecule has 1 atom stereocenters. The molecule has 1 aromatic heterocycles. The number of methoxy groups -OCH3 is 1. The van der Waals surface area contributed by atoms with Crippen LogP contribution in [0, 0.1) is 0 Å². The van der Waals surface area contributed by atoms with Gasteiger partial charge in [0.1, 0.15) is 6.10 Å². The van der Waals surface area contributed by atoms with Crippen molar-refractivity contribution in [1.82, 2.24) is 14.3 Å². The SMILES string of the molecule is CCc1ccc(S(=O)(=O)N2CCCC(Oc3cncc(OC)n3)C2)cc1. The molecule has 1 aliphatic rings. The molecular weight excluding hydrogens is 354 g/mol. The van der Waals surface area contributed by atoms with Gasteiger partial charge in [0.25, 0.3) is 0 Å². The Balaban J connectivity index is 1.72. The second-order valence-corrected chi connectivity index (χ2v) is 8.08. The molecule has 0 saturated carbocycles. The van der Waals surface area contributed by atoms with E-state index in [4.69, 9.17) is 9.47 Å². The van der Waals surface area contributed by atoms with E-state index in [0.717, 1.165) is 24.8 Å². The number of aromatic nitrogens is 2. The maximum atomic E-state index is 12.9. The molecule has 0 spiro atoms. The van der Waals surface area contributed by atoms with Gasteiger partial charge in [-0.25, -0.2) is 8.42 Å². The van der Waals surface area contributed by atoms with Crippen LogP contribution in [0.1, 0.15) is 25.3 Å². The van der Waals surface area contributed by atoms with E-state index >= 15 is 0 Å². The Kier molecular flexibility index (Phi) is 5.73. The van der Waals surface area contributed by atoms with Gasteiger partial charge in [0.15, 0.2) is 0 Å². The first-order valence-electron chi connectivity index (χ1n) is 8.64. The summed E-state index contributed by atoms with van der Waals surface area (Å²) in [5.41, 5.74) is 1.11. The highest BCUT2D eigenvalue weighted by molar-refractivity contribution is 7.89. The van der Waals surface area contributed by atoms with E-state index in [0.29, 0.717) is 23.2 Å². The van der Waals surface area contributed by atoms with Gasteiger partial charge in [-0.2, -0.15) is 9.29 Å². The molecule has 8 heteroatoms. The largest absolute Gasteiger partial charge is 0.480 e. The lowest BCUT2D eigenvalue weighted by molar-refractivity contribution is 0.123. The number of hydrogen-bond donors (Lipinski definition) is 0. The predicted molar refractivity (Wildman–Crippen MR) is 96.8 cm³/mol. The molecule has 26 heavy (non-hydrogen) atoms. The van der Waals surface area contributed by atoms with E-state index in [1.807, 2.05) is 19.1 Å². The summed E-state index contributed by atoms with van der Waals surface area (Å²) in [5, 5.41) is 0. The summed E-state index contributed by atoms with van der Waals surface area (Å²) in [4.78, 5) is 8.50. The molecule has 2 aromatic rings. The number of ether oxygens (including phenoxy) is 2. The molecule has 1 unspecified atom stereocenters. The van der Waals surface area contributed by atoms with Crippen molar-refractivity contribution in [1.29, 1.82) is 0 Å². The molecule has 0 amide bonds. The number of rotatable bonds is 6. The molecule has 1 saturated heterocycles. The lowest BCUT2D eigenvalue weighted by atomic mass is 10.1. The van der Waals surface area contributed by atoms with E-state index in [-0.39, 0.29) is 12.6 Å². The Morgan fingerprint density at radius 3 is 2.62 bits per heavy atom. The highest BCUT2D eigenvalue weighted by atomic mass is 32.2. The van der Waals surface area contributed by atoms with Crippen LogP contribution in [0.4, 0.5) is 0 Å².